The first-order valence-corrected chi connectivity index (χ1v) is 9.69. The average Bonchev–Trinajstić information content (AvgIpc) is 2.79. The molecule has 3 aromatic rings. The average molecular weight is 403 g/mol. The van der Waals surface area contributed by atoms with Crippen LogP contribution in [-0.2, 0) is 16.1 Å². The molecule has 2 amide bonds. The van der Waals surface area contributed by atoms with Gasteiger partial charge in [0.15, 0.2) is 0 Å². The maximum absolute atomic E-state index is 12.8. The molecular weight excluding hydrogens is 378 g/mol. The number of ether oxygens (including phenoxy) is 1. The van der Waals surface area contributed by atoms with Gasteiger partial charge in [-0.25, -0.2) is 0 Å². The first kappa shape index (κ1) is 21.1. The summed E-state index contributed by atoms with van der Waals surface area (Å²) >= 11 is 0. The third-order valence-electron chi connectivity index (χ3n) is 4.55. The molecule has 0 saturated heterocycles. The smallest absolute Gasteiger partial charge is 0.246 e. The van der Waals surface area contributed by atoms with Gasteiger partial charge in [-0.2, -0.15) is 0 Å². The number of carbonyl (C=O) groups excluding carboxylic acids is 2. The fourth-order valence-corrected chi connectivity index (χ4v) is 2.94. The van der Waals surface area contributed by atoms with E-state index in [0.29, 0.717) is 12.2 Å². The van der Waals surface area contributed by atoms with Gasteiger partial charge in [0, 0.05) is 12.2 Å². The van der Waals surface area contributed by atoms with Crippen LogP contribution >= 0.6 is 0 Å². The molecule has 0 bridgehead atoms. The standard InChI is InChI=1S/C24H25N3O3/c1-30-21-14-12-18(13-15-21)16-25-22(28)17-26-23(19-8-4-2-5-9-19)24(29)27-20-10-6-3-7-11-20/h2-15,23,26H,16-17H2,1H3,(H,25,28)(H,27,29). The second-order valence-electron chi connectivity index (χ2n) is 6.70. The largest absolute Gasteiger partial charge is 0.497 e. The molecule has 0 radical (unpaired) electrons. The summed E-state index contributed by atoms with van der Waals surface area (Å²) in [5, 5.41) is 8.81. The van der Waals surface area contributed by atoms with E-state index in [1.807, 2.05) is 84.9 Å². The molecular formula is C24H25N3O3. The number of rotatable bonds is 9. The number of methoxy groups -OCH3 is 1. The minimum absolute atomic E-state index is 0.0118. The Balaban J connectivity index is 1.58. The van der Waals surface area contributed by atoms with Crippen molar-refractivity contribution in [1.29, 1.82) is 0 Å². The number of hydrogen-bond acceptors (Lipinski definition) is 4. The number of nitrogens with one attached hydrogen (secondary N) is 3. The Bertz CT molecular complexity index is 944. The highest BCUT2D eigenvalue weighted by Crippen LogP contribution is 2.16. The Morgan fingerprint density at radius 1 is 0.867 bits per heavy atom. The van der Waals surface area contributed by atoms with Crippen molar-refractivity contribution in [3.63, 3.8) is 0 Å². The summed E-state index contributed by atoms with van der Waals surface area (Å²) in [4.78, 5) is 25.2. The van der Waals surface area contributed by atoms with Crippen LogP contribution in [0.25, 0.3) is 0 Å². The zero-order valence-corrected chi connectivity index (χ0v) is 16.8. The van der Waals surface area contributed by atoms with Gasteiger partial charge in [-0.15, -0.1) is 0 Å². The van der Waals surface area contributed by atoms with Crippen molar-refractivity contribution in [3.8, 4) is 5.75 Å². The molecule has 0 spiro atoms. The second kappa shape index (κ2) is 10.8. The summed E-state index contributed by atoms with van der Waals surface area (Å²) in [7, 11) is 1.61. The molecule has 0 aliphatic rings. The van der Waals surface area contributed by atoms with Gasteiger partial charge in [0.2, 0.25) is 11.8 Å². The zero-order chi connectivity index (χ0) is 21.2. The van der Waals surface area contributed by atoms with Crippen LogP contribution in [0, 0.1) is 0 Å². The zero-order valence-electron chi connectivity index (χ0n) is 16.8. The van der Waals surface area contributed by atoms with Gasteiger partial charge in [0.25, 0.3) is 0 Å². The number of amides is 2. The first-order chi connectivity index (χ1) is 14.7. The minimum atomic E-state index is -0.654. The number of hydrogen-bond donors (Lipinski definition) is 3. The van der Waals surface area contributed by atoms with Crippen molar-refractivity contribution in [2.75, 3.05) is 19.0 Å². The molecule has 0 heterocycles. The fraction of sp³-hybridized carbons (Fsp3) is 0.167. The van der Waals surface area contributed by atoms with E-state index in [-0.39, 0.29) is 18.4 Å². The lowest BCUT2D eigenvalue weighted by Crippen LogP contribution is -2.39. The molecule has 1 atom stereocenters. The van der Waals surface area contributed by atoms with Gasteiger partial charge >= 0.3 is 0 Å². The maximum Gasteiger partial charge on any atom is 0.246 e. The van der Waals surface area contributed by atoms with Crippen molar-refractivity contribution >= 4 is 17.5 Å². The topological polar surface area (TPSA) is 79.5 Å². The van der Waals surface area contributed by atoms with E-state index in [2.05, 4.69) is 16.0 Å². The third-order valence-corrected chi connectivity index (χ3v) is 4.55. The van der Waals surface area contributed by atoms with E-state index in [0.717, 1.165) is 16.9 Å². The SMILES string of the molecule is COc1ccc(CNC(=O)CNC(C(=O)Nc2ccccc2)c2ccccc2)cc1. The van der Waals surface area contributed by atoms with Crippen LogP contribution in [0.4, 0.5) is 5.69 Å². The summed E-state index contributed by atoms with van der Waals surface area (Å²) in [5.41, 5.74) is 2.45. The van der Waals surface area contributed by atoms with Gasteiger partial charge in [-0.1, -0.05) is 60.7 Å². The maximum atomic E-state index is 12.8. The van der Waals surface area contributed by atoms with E-state index in [1.54, 1.807) is 7.11 Å². The monoisotopic (exact) mass is 403 g/mol. The Labute approximate surface area is 176 Å². The van der Waals surface area contributed by atoms with E-state index >= 15 is 0 Å². The van der Waals surface area contributed by atoms with Gasteiger partial charge in [-0.3, -0.25) is 14.9 Å². The number of para-hydroxylation sites is 1. The van der Waals surface area contributed by atoms with E-state index in [1.165, 1.54) is 0 Å². The summed E-state index contributed by atoms with van der Waals surface area (Å²) in [6.07, 6.45) is 0. The molecule has 1 unspecified atom stereocenters. The molecule has 0 saturated carbocycles. The first-order valence-electron chi connectivity index (χ1n) is 9.69. The number of carbonyl (C=O) groups is 2. The van der Waals surface area contributed by atoms with E-state index in [9.17, 15) is 9.59 Å². The lowest BCUT2D eigenvalue weighted by atomic mass is 10.1. The highest BCUT2D eigenvalue weighted by molar-refractivity contribution is 5.95. The number of anilines is 1. The molecule has 3 rings (SSSR count). The molecule has 0 fully saturated rings. The van der Waals surface area contributed by atoms with Crippen LogP contribution in [0.5, 0.6) is 5.75 Å². The van der Waals surface area contributed by atoms with Crippen LogP contribution in [0.2, 0.25) is 0 Å². The Kier molecular flexibility index (Phi) is 7.58. The van der Waals surface area contributed by atoms with Gasteiger partial charge in [0.1, 0.15) is 11.8 Å². The van der Waals surface area contributed by atoms with Crippen LogP contribution in [-0.4, -0.2) is 25.5 Å². The Morgan fingerprint density at radius 3 is 2.13 bits per heavy atom. The predicted molar refractivity (Wildman–Crippen MR) is 117 cm³/mol. The van der Waals surface area contributed by atoms with E-state index < -0.39 is 6.04 Å². The van der Waals surface area contributed by atoms with E-state index in [4.69, 9.17) is 4.74 Å². The highest BCUT2D eigenvalue weighted by Gasteiger charge is 2.21. The molecule has 0 aliphatic heterocycles. The summed E-state index contributed by atoms with van der Waals surface area (Å²) in [6.45, 7) is 0.411. The normalized spacial score (nSPS) is 11.4. The Morgan fingerprint density at radius 2 is 1.50 bits per heavy atom. The minimum Gasteiger partial charge on any atom is -0.497 e. The van der Waals surface area contributed by atoms with Crippen molar-refractivity contribution in [2.45, 2.75) is 12.6 Å². The molecule has 154 valence electrons. The quantitative estimate of drug-likeness (QED) is 0.512. The van der Waals surface area contributed by atoms with Crippen LogP contribution in [0.15, 0.2) is 84.9 Å². The van der Waals surface area contributed by atoms with Gasteiger partial charge in [-0.05, 0) is 35.4 Å². The fourth-order valence-electron chi connectivity index (χ4n) is 2.94. The molecule has 3 aromatic carbocycles. The van der Waals surface area contributed by atoms with Crippen molar-refractivity contribution in [1.82, 2.24) is 10.6 Å². The number of benzene rings is 3. The molecule has 6 nitrogen and oxygen atoms in total. The summed E-state index contributed by atoms with van der Waals surface area (Å²) in [5.74, 6) is 0.344. The molecule has 0 aliphatic carbocycles. The lowest BCUT2D eigenvalue weighted by Gasteiger charge is -2.19. The second-order valence-corrected chi connectivity index (χ2v) is 6.70. The van der Waals surface area contributed by atoms with Crippen molar-refractivity contribution in [2.24, 2.45) is 0 Å². The van der Waals surface area contributed by atoms with Crippen LogP contribution in [0.3, 0.4) is 0 Å². The molecule has 30 heavy (non-hydrogen) atoms. The van der Waals surface area contributed by atoms with Gasteiger partial charge < -0.3 is 15.4 Å². The molecule has 3 N–H and O–H groups in total. The molecule has 6 heteroatoms. The summed E-state index contributed by atoms with van der Waals surface area (Å²) in [6, 6.07) is 25.4. The van der Waals surface area contributed by atoms with Crippen LogP contribution in [0.1, 0.15) is 17.2 Å². The van der Waals surface area contributed by atoms with Crippen molar-refractivity contribution in [3.05, 3.63) is 96.1 Å². The van der Waals surface area contributed by atoms with Gasteiger partial charge in [0.05, 0.1) is 13.7 Å². The Hall–Kier alpha value is -3.64. The summed E-state index contributed by atoms with van der Waals surface area (Å²) < 4.78 is 5.13. The van der Waals surface area contributed by atoms with Crippen LogP contribution < -0.4 is 20.7 Å². The van der Waals surface area contributed by atoms with Crippen molar-refractivity contribution < 1.29 is 14.3 Å². The highest BCUT2D eigenvalue weighted by atomic mass is 16.5. The molecule has 0 aromatic heterocycles. The lowest BCUT2D eigenvalue weighted by molar-refractivity contribution is -0.121. The predicted octanol–water partition coefficient (Wildman–Crippen LogP) is 3.28. The third kappa shape index (κ3) is 6.18.